The molecule has 40 heavy (non-hydrogen) atoms. The second-order valence-electron chi connectivity index (χ2n) is 14.8. The quantitative estimate of drug-likeness (QED) is 0.370. The maximum absolute atomic E-state index is 14.1. The van der Waals surface area contributed by atoms with E-state index in [9.17, 15) is 19.6 Å². The SMILES string of the molecule is CCC1=CC(=O)C2C3CC(C)(C)CCC3(NC(=O)OC(C)C)CCC2(C)C1(C)CCC1CC=C(C#N)C(=O)C1C. The van der Waals surface area contributed by atoms with Gasteiger partial charge >= 0.3 is 6.09 Å². The van der Waals surface area contributed by atoms with Crippen LogP contribution in [0.1, 0.15) is 113 Å². The fourth-order valence-corrected chi connectivity index (χ4v) is 8.97. The van der Waals surface area contributed by atoms with Crippen LogP contribution in [0.15, 0.2) is 23.3 Å². The lowest BCUT2D eigenvalue weighted by molar-refractivity contribution is -0.153. The van der Waals surface area contributed by atoms with Crippen LogP contribution in [0, 0.1) is 51.2 Å². The lowest BCUT2D eigenvalue weighted by atomic mass is 9.40. The maximum atomic E-state index is 14.1. The first-order chi connectivity index (χ1) is 18.6. The van der Waals surface area contributed by atoms with E-state index in [1.165, 1.54) is 5.57 Å². The monoisotopic (exact) mass is 550 g/mol. The summed E-state index contributed by atoms with van der Waals surface area (Å²) in [6.45, 7) is 17.1. The van der Waals surface area contributed by atoms with Crippen LogP contribution in [0.5, 0.6) is 0 Å². The topological polar surface area (TPSA) is 96.3 Å². The second-order valence-corrected chi connectivity index (χ2v) is 14.8. The molecule has 0 bridgehead atoms. The molecule has 6 heteroatoms. The van der Waals surface area contributed by atoms with Crippen molar-refractivity contribution < 1.29 is 19.1 Å². The summed E-state index contributed by atoms with van der Waals surface area (Å²) >= 11 is 0. The smallest absolute Gasteiger partial charge is 0.407 e. The fourth-order valence-electron chi connectivity index (χ4n) is 8.97. The molecule has 0 saturated heterocycles. The zero-order valence-electron chi connectivity index (χ0n) is 26.0. The number of allylic oxidation sites excluding steroid dienone is 4. The van der Waals surface area contributed by atoms with E-state index >= 15 is 0 Å². The van der Waals surface area contributed by atoms with Gasteiger partial charge in [0, 0.05) is 17.4 Å². The molecular weight excluding hydrogens is 500 g/mol. The van der Waals surface area contributed by atoms with Gasteiger partial charge in [-0.1, -0.05) is 53.2 Å². The van der Waals surface area contributed by atoms with Gasteiger partial charge in [0.05, 0.1) is 11.7 Å². The summed E-state index contributed by atoms with van der Waals surface area (Å²) in [7, 11) is 0. The Morgan fingerprint density at radius 1 is 1.15 bits per heavy atom. The van der Waals surface area contributed by atoms with Crippen molar-refractivity contribution in [2.24, 2.45) is 39.9 Å². The highest BCUT2D eigenvalue weighted by Gasteiger charge is 2.65. The van der Waals surface area contributed by atoms with Gasteiger partial charge in [-0.05, 0) is 106 Å². The number of Topliss-reactive ketones (excluding diaryl/α,β-unsaturated/α-hetero) is 1. The van der Waals surface area contributed by atoms with E-state index in [1.54, 1.807) is 0 Å². The molecule has 0 spiro atoms. The minimum atomic E-state index is -0.442. The number of ether oxygens (including phenoxy) is 1. The minimum Gasteiger partial charge on any atom is -0.447 e. The lowest BCUT2D eigenvalue weighted by Crippen LogP contribution is -2.68. The summed E-state index contributed by atoms with van der Waals surface area (Å²) in [6.07, 6.45) is 11.0. The number of fused-ring (bicyclic) bond motifs is 3. The van der Waals surface area contributed by atoms with Gasteiger partial charge in [0.1, 0.15) is 6.07 Å². The van der Waals surface area contributed by atoms with Crippen molar-refractivity contribution in [3.05, 3.63) is 23.3 Å². The predicted octanol–water partition coefficient (Wildman–Crippen LogP) is 7.48. The average Bonchev–Trinajstić information content (AvgIpc) is 2.87. The van der Waals surface area contributed by atoms with E-state index in [4.69, 9.17) is 4.74 Å². The standard InChI is InChI=1S/C34H50N2O4/c1-9-25-18-27(37)28-26-19-31(5,6)14-16-34(26,36-30(39)40-21(2)3)17-15-33(28,8)32(25,7)13-12-23-10-11-24(20-35)29(38)22(23)4/h11,18,21-23,26,28H,9-10,12-17,19H2,1-8H3,(H,36,39). The molecule has 0 aromatic carbocycles. The van der Waals surface area contributed by atoms with Gasteiger partial charge in [0.15, 0.2) is 11.6 Å². The van der Waals surface area contributed by atoms with Crippen molar-refractivity contribution in [2.75, 3.05) is 0 Å². The van der Waals surface area contributed by atoms with Crippen LogP contribution in [-0.2, 0) is 14.3 Å². The van der Waals surface area contributed by atoms with Gasteiger partial charge in [-0.25, -0.2) is 4.79 Å². The Hall–Kier alpha value is -2.42. The molecule has 0 heterocycles. The van der Waals surface area contributed by atoms with Gasteiger partial charge < -0.3 is 10.1 Å². The molecule has 0 aromatic rings. The van der Waals surface area contributed by atoms with Crippen LogP contribution in [0.3, 0.4) is 0 Å². The predicted molar refractivity (Wildman–Crippen MR) is 156 cm³/mol. The zero-order chi connectivity index (χ0) is 29.7. The van der Waals surface area contributed by atoms with E-state index in [0.29, 0.717) is 5.57 Å². The Bertz CT molecular complexity index is 1160. The minimum absolute atomic E-state index is 0.0347. The number of nitriles is 1. The number of hydrogen-bond donors (Lipinski definition) is 1. The van der Waals surface area contributed by atoms with Crippen LogP contribution in [0.2, 0.25) is 0 Å². The first-order valence-electron chi connectivity index (χ1n) is 15.5. The number of nitrogens with zero attached hydrogens (tertiary/aromatic N) is 1. The third kappa shape index (κ3) is 5.07. The van der Waals surface area contributed by atoms with Crippen LogP contribution < -0.4 is 5.32 Å². The first-order valence-corrected chi connectivity index (χ1v) is 15.5. The summed E-state index contributed by atoms with van der Waals surface area (Å²) in [5.74, 6) is 0.0571. The molecule has 7 unspecified atom stereocenters. The van der Waals surface area contributed by atoms with E-state index in [-0.39, 0.29) is 63.7 Å². The molecule has 2 fully saturated rings. The largest absolute Gasteiger partial charge is 0.447 e. The first kappa shape index (κ1) is 30.5. The highest BCUT2D eigenvalue weighted by Crippen LogP contribution is 2.67. The van der Waals surface area contributed by atoms with Crippen molar-refractivity contribution in [2.45, 2.75) is 125 Å². The van der Waals surface area contributed by atoms with Gasteiger partial charge in [-0.2, -0.15) is 5.26 Å². The fraction of sp³-hybridized carbons (Fsp3) is 0.765. The van der Waals surface area contributed by atoms with E-state index < -0.39 is 5.54 Å². The Morgan fingerprint density at radius 3 is 2.45 bits per heavy atom. The molecule has 0 aliphatic heterocycles. The summed E-state index contributed by atoms with van der Waals surface area (Å²) in [5.41, 5.74) is 0.701. The van der Waals surface area contributed by atoms with E-state index in [0.717, 1.165) is 57.8 Å². The van der Waals surface area contributed by atoms with Crippen molar-refractivity contribution in [1.82, 2.24) is 5.32 Å². The van der Waals surface area contributed by atoms with Crippen molar-refractivity contribution in [3.8, 4) is 6.07 Å². The summed E-state index contributed by atoms with van der Waals surface area (Å²) in [6, 6.07) is 2.07. The van der Waals surface area contributed by atoms with Crippen molar-refractivity contribution in [3.63, 3.8) is 0 Å². The number of hydrogen-bond acceptors (Lipinski definition) is 5. The molecule has 4 rings (SSSR count). The van der Waals surface area contributed by atoms with Crippen LogP contribution >= 0.6 is 0 Å². The molecule has 6 nitrogen and oxygen atoms in total. The highest BCUT2D eigenvalue weighted by atomic mass is 16.6. The Kier molecular flexibility index (Phi) is 8.22. The third-order valence-corrected chi connectivity index (χ3v) is 11.7. The molecule has 7 atom stereocenters. The zero-order valence-corrected chi connectivity index (χ0v) is 26.0. The number of nitrogens with one attached hydrogen (secondary N) is 1. The number of ketones is 2. The molecule has 2 saturated carbocycles. The normalized spacial score (nSPS) is 38.9. The Labute approximate surface area is 241 Å². The summed E-state index contributed by atoms with van der Waals surface area (Å²) < 4.78 is 5.55. The molecule has 0 radical (unpaired) electrons. The number of amides is 1. The molecule has 1 N–H and O–H groups in total. The Balaban J connectivity index is 1.70. The van der Waals surface area contributed by atoms with Gasteiger partial charge in [0.2, 0.25) is 0 Å². The van der Waals surface area contributed by atoms with Gasteiger partial charge in [-0.15, -0.1) is 0 Å². The van der Waals surface area contributed by atoms with Crippen LogP contribution in [0.25, 0.3) is 0 Å². The molecule has 220 valence electrons. The third-order valence-electron chi connectivity index (χ3n) is 11.7. The number of alkyl carbamates (subject to hydrolysis) is 1. The van der Waals surface area contributed by atoms with Crippen molar-refractivity contribution >= 4 is 17.7 Å². The number of rotatable bonds is 6. The highest BCUT2D eigenvalue weighted by molar-refractivity contribution is 6.01. The van der Waals surface area contributed by atoms with Crippen LogP contribution in [0.4, 0.5) is 4.79 Å². The molecule has 1 amide bonds. The summed E-state index contributed by atoms with van der Waals surface area (Å²) in [4.78, 5) is 39.9. The lowest BCUT2D eigenvalue weighted by Gasteiger charge is -2.65. The molecular formula is C34H50N2O4. The average molecular weight is 551 g/mol. The van der Waals surface area contributed by atoms with Gasteiger partial charge in [0.25, 0.3) is 0 Å². The van der Waals surface area contributed by atoms with Crippen LogP contribution in [-0.4, -0.2) is 29.3 Å². The second kappa shape index (κ2) is 10.8. The number of carbonyl (C=O) groups is 3. The van der Waals surface area contributed by atoms with Crippen molar-refractivity contribution in [1.29, 1.82) is 5.26 Å². The Morgan fingerprint density at radius 2 is 1.82 bits per heavy atom. The molecule has 4 aliphatic carbocycles. The van der Waals surface area contributed by atoms with E-state index in [1.807, 2.05) is 32.9 Å². The molecule has 0 aromatic heterocycles. The maximum Gasteiger partial charge on any atom is 0.407 e. The summed E-state index contributed by atoms with van der Waals surface area (Å²) in [5, 5.41) is 12.7. The molecule has 4 aliphatic rings. The van der Waals surface area contributed by atoms with E-state index in [2.05, 4.69) is 46.0 Å². The number of carbonyl (C=O) groups excluding carboxylic acids is 3. The van der Waals surface area contributed by atoms with Gasteiger partial charge in [-0.3, -0.25) is 9.59 Å².